The van der Waals surface area contributed by atoms with Gasteiger partial charge in [-0.05, 0) is 20.3 Å². The fraction of sp³-hybridized carbons (Fsp3) is 0.800. The zero-order chi connectivity index (χ0) is 9.14. The molecule has 0 bridgehead atoms. The third-order valence-corrected chi connectivity index (χ3v) is 2.43. The van der Waals surface area contributed by atoms with Crippen molar-refractivity contribution < 1.29 is 0 Å². The molecule has 0 saturated carbocycles. The van der Waals surface area contributed by atoms with E-state index in [1.807, 2.05) is 0 Å². The molecule has 0 aromatic rings. The van der Waals surface area contributed by atoms with E-state index in [4.69, 9.17) is 0 Å². The summed E-state index contributed by atoms with van der Waals surface area (Å²) in [5, 5.41) is 0. The highest BCUT2D eigenvalue weighted by Crippen LogP contribution is 2.20. The lowest BCUT2D eigenvalue weighted by atomic mass is 10.2. The second-order valence-electron chi connectivity index (χ2n) is 3.77. The van der Waals surface area contributed by atoms with Gasteiger partial charge in [0.25, 0.3) is 0 Å². The Morgan fingerprint density at radius 3 is 2.50 bits per heavy atom. The van der Waals surface area contributed by atoms with Gasteiger partial charge >= 0.3 is 0 Å². The van der Waals surface area contributed by atoms with Crippen molar-refractivity contribution in [3.8, 4) is 0 Å². The first-order valence-corrected chi connectivity index (χ1v) is 4.84. The minimum Gasteiger partial charge on any atom is -0.359 e. The van der Waals surface area contributed by atoms with E-state index in [0.717, 1.165) is 0 Å². The molecule has 0 fully saturated rings. The first kappa shape index (κ1) is 9.43. The van der Waals surface area contributed by atoms with E-state index >= 15 is 0 Å². The van der Waals surface area contributed by atoms with Crippen molar-refractivity contribution in [1.82, 2.24) is 9.80 Å². The van der Waals surface area contributed by atoms with E-state index in [-0.39, 0.29) is 0 Å². The van der Waals surface area contributed by atoms with E-state index in [2.05, 4.69) is 50.0 Å². The fourth-order valence-electron chi connectivity index (χ4n) is 1.72. The summed E-state index contributed by atoms with van der Waals surface area (Å²) in [4.78, 5) is 4.72. The fourth-order valence-corrected chi connectivity index (χ4v) is 1.72. The molecule has 1 atom stereocenters. The molecule has 0 saturated heterocycles. The van der Waals surface area contributed by atoms with E-state index < -0.39 is 0 Å². The zero-order valence-corrected chi connectivity index (χ0v) is 8.62. The highest BCUT2D eigenvalue weighted by molar-refractivity contribution is 4.96. The maximum absolute atomic E-state index is 2.42. The first-order valence-electron chi connectivity index (χ1n) is 4.84. The Morgan fingerprint density at radius 2 is 2.00 bits per heavy atom. The van der Waals surface area contributed by atoms with Crippen LogP contribution in [0.15, 0.2) is 12.4 Å². The predicted octanol–water partition coefficient (Wildman–Crippen LogP) is 2.24. The number of rotatable bonds is 3. The summed E-state index contributed by atoms with van der Waals surface area (Å²) in [6.45, 7) is 6.73. The normalized spacial score (nSPS) is 22.9. The maximum atomic E-state index is 2.42. The van der Waals surface area contributed by atoms with Crippen molar-refractivity contribution in [3.63, 3.8) is 0 Å². The van der Waals surface area contributed by atoms with Crippen LogP contribution in [0.25, 0.3) is 0 Å². The van der Waals surface area contributed by atoms with Gasteiger partial charge < -0.3 is 9.80 Å². The Balaban J connectivity index is 2.56. The van der Waals surface area contributed by atoms with Gasteiger partial charge in [-0.2, -0.15) is 0 Å². The molecule has 70 valence electrons. The number of hydrogen-bond donors (Lipinski definition) is 0. The van der Waals surface area contributed by atoms with Crippen LogP contribution in [0.4, 0.5) is 0 Å². The van der Waals surface area contributed by atoms with Crippen LogP contribution in [0.3, 0.4) is 0 Å². The van der Waals surface area contributed by atoms with Crippen molar-refractivity contribution in [2.45, 2.75) is 45.8 Å². The Morgan fingerprint density at radius 1 is 1.33 bits per heavy atom. The molecule has 2 heteroatoms. The second-order valence-corrected chi connectivity index (χ2v) is 3.77. The van der Waals surface area contributed by atoms with Crippen LogP contribution in [0.5, 0.6) is 0 Å². The van der Waals surface area contributed by atoms with E-state index in [1.54, 1.807) is 0 Å². The molecule has 1 aliphatic rings. The summed E-state index contributed by atoms with van der Waals surface area (Å²) in [7, 11) is 2.15. The van der Waals surface area contributed by atoms with Gasteiger partial charge in [-0.15, -0.1) is 0 Å². The largest absolute Gasteiger partial charge is 0.359 e. The lowest BCUT2D eigenvalue weighted by molar-refractivity contribution is 0.136. The van der Waals surface area contributed by atoms with Gasteiger partial charge in [-0.3, -0.25) is 0 Å². The molecular formula is C10H20N2. The summed E-state index contributed by atoms with van der Waals surface area (Å²) >= 11 is 0. The van der Waals surface area contributed by atoms with Crippen LogP contribution in [-0.2, 0) is 0 Å². The Kier molecular flexibility index (Phi) is 3.01. The summed E-state index contributed by atoms with van der Waals surface area (Å²) in [5.41, 5.74) is 0. The van der Waals surface area contributed by atoms with Crippen molar-refractivity contribution in [2.75, 3.05) is 7.05 Å². The number of nitrogens with zero attached hydrogens (tertiary/aromatic N) is 2. The smallest absolute Gasteiger partial charge is 0.101 e. The average molecular weight is 168 g/mol. The van der Waals surface area contributed by atoms with Gasteiger partial charge in [-0.25, -0.2) is 0 Å². The van der Waals surface area contributed by atoms with Gasteiger partial charge in [0.2, 0.25) is 0 Å². The van der Waals surface area contributed by atoms with E-state index in [1.165, 1.54) is 12.8 Å². The lowest BCUT2D eigenvalue weighted by Crippen LogP contribution is -2.40. The van der Waals surface area contributed by atoms with Gasteiger partial charge in [0.05, 0.1) is 0 Å². The maximum Gasteiger partial charge on any atom is 0.101 e. The molecule has 0 aromatic heterocycles. The van der Waals surface area contributed by atoms with Crippen LogP contribution >= 0.6 is 0 Å². The third-order valence-electron chi connectivity index (χ3n) is 2.43. The molecule has 0 aliphatic carbocycles. The SMILES string of the molecule is CCCC1N(C)C=CN1C(C)C. The average Bonchev–Trinajstić information content (AvgIpc) is 2.34. The van der Waals surface area contributed by atoms with Gasteiger partial charge in [-0.1, -0.05) is 13.3 Å². The molecule has 0 aromatic carbocycles. The van der Waals surface area contributed by atoms with Crippen molar-refractivity contribution in [3.05, 3.63) is 12.4 Å². The summed E-state index contributed by atoms with van der Waals surface area (Å²) in [6.07, 6.45) is 7.46. The topological polar surface area (TPSA) is 6.48 Å². The molecule has 0 amide bonds. The highest BCUT2D eigenvalue weighted by Gasteiger charge is 2.23. The monoisotopic (exact) mass is 168 g/mol. The molecule has 0 radical (unpaired) electrons. The Bertz CT molecular complexity index is 163. The summed E-state index contributed by atoms with van der Waals surface area (Å²) in [6, 6.07) is 0.614. The van der Waals surface area contributed by atoms with Crippen molar-refractivity contribution >= 4 is 0 Å². The Hall–Kier alpha value is -0.660. The second kappa shape index (κ2) is 3.83. The van der Waals surface area contributed by atoms with Crippen LogP contribution in [0, 0.1) is 0 Å². The molecule has 2 nitrogen and oxygen atoms in total. The van der Waals surface area contributed by atoms with E-state index in [9.17, 15) is 0 Å². The lowest BCUT2D eigenvalue weighted by Gasteiger charge is -2.33. The highest BCUT2D eigenvalue weighted by atomic mass is 15.4. The molecule has 0 N–H and O–H groups in total. The van der Waals surface area contributed by atoms with Gasteiger partial charge in [0.15, 0.2) is 0 Å². The molecule has 1 aliphatic heterocycles. The molecule has 12 heavy (non-hydrogen) atoms. The van der Waals surface area contributed by atoms with Crippen molar-refractivity contribution in [1.29, 1.82) is 0 Å². The Labute approximate surface area is 75.8 Å². The first-order chi connectivity index (χ1) is 5.66. The van der Waals surface area contributed by atoms with Crippen molar-refractivity contribution in [2.24, 2.45) is 0 Å². The third kappa shape index (κ3) is 1.74. The van der Waals surface area contributed by atoms with Crippen LogP contribution in [0.1, 0.15) is 33.6 Å². The summed E-state index contributed by atoms with van der Waals surface area (Å²) in [5.74, 6) is 0. The van der Waals surface area contributed by atoms with Crippen LogP contribution in [0.2, 0.25) is 0 Å². The molecule has 0 spiro atoms. The standard InChI is InChI=1S/C10H20N2/c1-5-6-10-11(4)7-8-12(10)9(2)3/h7-10H,5-6H2,1-4H3. The minimum absolute atomic E-state index is 0.593. The quantitative estimate of drug-likeness (QED) is 0.637. The number of hydrogen-bond acceptors (Lipinski definition) is 2. The zero-order valence-electron chi connectivity index (χ0n) is 8.62. The van der Waals surface area contributed by atoms with Crippen LogP contribution < -0.4 is 0 Å². The molecule has 1 unspecified atom stereocenters. The molecular weight excluding hydrogens is 148 g/mol. The van der Waals surface area contributed by atoms with E-state index in [0.29, 0.717) is 12.2 Å². The molecule has 1 rings (SSSR count). The van der Waals surface area contributed by atoms with Gasteiger partial charge in [0, 0.05) is 25.5 Å². The summed E-state index contributed by atoms with van der Waals surface area (Å²) < 4.78 is 0. The minimum atomic E-state index is 0.593. The van der Waals surface area contributed by atoms with Gasteiger partial charge in [0.1, 0.15) is 6.17 Å². The molecule has 1 heterocycles. The predicted molar refractivity (Wildman–Crippen MR) is 52.6 cm³/mol. The van der Waals surface area contributed by atoms with Crippen LogP contribution in [-0.4, -0.2) is 29.1 Å².